The van der Waals surface area contributed by atoms with E-state index in [0.717, 1.165) is 13.1 Å². The molecule has 1 amide bonds. The van der Waals surface area contributed by atoms with Crippen LogP contribution < -0.4 is 10.0 Å². The molecular formula is C9H19N3O3S. The maximum absolute atomic E-state index is 11.9. The van der Waals surface area contributed by atoms with Gasteiger partial charge in [0.25, 0.3) is 0 Å². The van der Waals surface area contributed by atoms with E-state index >= 15 is 0 Å². The number of sulfonamides is 1. The lowest BCUT2D eigenvalue weighted by atomic mass is 10.2. The Hall–Kier alpha value is -0.660. The van der Waals surface area contributed by atoms with Crippen LogP contribution in [0.25, 0.3) is 0 Å². The zero-order valence-electron chi connectivity index (χ0n) is 9.69. The summed E-state index contributed by atoms with van der Waals surface area (Å²) in [6.07, 6.45) is 0. The van der Waals surface area contributed by atoms with Crippen LogP contribution in [0.3, 0.4) is 0 Å². The fraction of sp³-hybridized carbons (Fsp3) is 0.889. The fourth-order valence-corrected chi connectivity index (χ4v) is 2.37. The van der Waals surface area contributed by atoms with Gasteiger partial charge in [0.1, 0.15) is 0 Å². The van der Waals surface area contributed by atoms with E-state index in [0.29, 0.717) is 13.1 Å². The van der Waals surface area contributed by atoms with Crippen LogP contribution >= 0.6 is 0 Å². The summed E-state index contributed by atoms with van der Waals surface area (Å²) >= 11 is 0. The van der Waals surface area contributed by atoms with E-state index in [-0.39, 0.29) is 11.7 Å². The Labute approximate surface area is 96.4 Å². The predicted molar refractivity (Wildman–Crippen MR) is 61.5 cm³/mol. The minimum absolute atomic E-state index is 0.00776. The lowest BCUT2D eigenvalue weighted by molar-refractivity contribution is -0.133. The van der Waals surface area contributed by atoms with Crippen LogP contribution in [-0.2, 0) is 14.8 Å². The number of nitrogens with zero attached hydrogens (tertiary/aromatic N) is 1. The topological polar surface area (TPSA) is 78.5 Å². The molecule has 2 N–H and O–H groups in total. The molecule has 7 heteroatoms. The van der Waals surface area contributed by atoms with Crippen molar-refractivity contribution >= 4 is 15.9 Å². The molecule has 0 spiro atoms. The first-order valence-corrected chi connectivity index (χ1v) is 7.11. The highest BCUT2D eigenvalue weighted by Crippen LogP contribution is 1.99. The van der Waals surface area contributed by atoms with E-state index in [2.05, 4.69) is 10.0 Å². The van der Waals surface area contributed by atoms with E-state index < -0.39 is 16.1 Å². The van der Waals surface area contributed by atoms with Crippen molar-refractivity contribution in [1.82, 2.24) is 14.9 Å². The van der Waals surface area contributed by atoms with Gasteiger partial charge >= 0.3 is 0 Å². The molecule has 1 rings (SSSR count). The van der Waals surface area contributed by atoms with Gasteiger partial charge in [-0.2, -0.15) is 0 Å². The quantitative estimate of drug-likeness (QED) is 0.652. The third-order valence-corrected chi connectivity index (χ3v) is 4.01. The molecular weight excluding hydrogens is 230 g/mol. The average Bonchev–Trinajstić information content (AvgIpc) is 2.28. The molecule has 94 valence electrons. The Bertz CT molecular complexity index is 336. The second-order valence-electron chi connectivity index (χ2n) is 3.82. The first kappa shape index (κ1) is 13.4. The first-order valence-electron chi connectivity index (χ1n) is 5.46. The van der Waals surface area contributed by atoms with Crippen molar-refractivity contribution in [3.63, 3.8) is 0 Å². The van der Waals surface area contributed by atoms with Crippen molar-refractivity contribution in [3.05, 3.63) is 0 Å². The SMILES string of the molecule is CCS(=O)(=O)NC(C)C(=O)N1CCNCC1. The minimum atomic E-state index is -3.32. The average molecular weight is 249 g/mol. The highest BCUT2D eigenvalue weighted by Gasteiger charge is 2.24. The zero-order valence-corrected chi connectivity index (χ0v) is 10.5. The van der Waals surface area contributed by atoms with Gasteiger partial charge in [0.15, 0.2) is 0 Å². The maximum atomic E-state index is 11.9. The van der Waals surface area contributed by atoms with E-state index in [1.165, 1.54) is 0 Å². The molecule has 1 aliphatic rings. The second-order valence-corrected chi connectivity index (χ2v) is 5.86. The van der Waals surface area contributed by atoms with Crippen LogP contribution in [-0.4, -0.2) is 57.2 Å². The number of hydrogen-bond donors (Lipinski definition) is 2. The van der Waals surface area contributed by atoms with Gasteiger partial charge in [0, 0.05) is 26.2 Å². The molecule has 1 aliphatic heterocycles. The fourth-order valence-electron chi connectivity index (χ4n) is 1.56. The van der Waals surface area contributed by atoms with Gasteiger partial charge in [-0.05, 0) is 13.8 Å². The molecule has 6 nitrogen and oxygen atoms in total. The van der Waals surface area contributed by atoms with Crippen LogP contribution in [0.5, 0.6) is 0 Å². The number of carbonyl (C=O) groups is 1. The number of hydrogen-bond acceptors (Lipinski definition) is 4. The van der Waals surface area contributed by atoms with Crippen LogP contribution in [0.1, 0.15) is 13.8 Å². The molecule has 0 aromatic heterocycles. The lowest BCUT2D eigenvalue weighted by Gasteiger charge is -2.29. The summed E-state index contributed by atoms with van der Waals surface area (Å²) in [5.41, 5.74) is 0. The number of carbonyl (C=O) groups excluding carboxylic acids is 1. The van der Waals surface area contributed by atoms with Gasteiger partial charge in [-0.3, -0.25) is 4.79 Å². The smallest absolute Gasteiger partial charge is 0.240 e. The van der Waals surface area contributed by atoms with E-state index in [1.54, 1.807) is 18.7 Å². The van der Waals surface area contributed by atoms with Crippen molar-refractivity contribution in [3.8, 4) is 0 Å². The molecule has 0 aliphatic carbocycles. The Kier molecular flexibility index (Phi) is 4.69. The summed E-state index contributed by atoms with van der Waals surface area (Å²) in [7, 11) is -3.32. The predicted octanol–water partition coefficient (Wildman–Crippen LogP) is -1.25. The van der Waals surface area contributed by atoms with E-state index in [1.807, 2.05) is 0 Å². The maximum Gasteiger partial charge on any atom is 0.240 e. The van der Waals surface area contributed by atoms with Gasteiger partial charge in [-0.15, -0.1) is 0 Å². The monoisotopic (exact) mass is 249 g/mol. The molecule has 1 heterocycles. The van der Waals surface area contributed by atoms with Crippen molar-refractivity contribution in [2.45, 2.75) is 19.9 Å². The van der Waals surface area contributed by atoms with E-state index in [9.17, 15) is 13.2 Å². The molecule has 1 atom stereocenters. The molecule has 0 bridgehead atoms. The van der Waals surface area contributed by atoms with Crippen LogP contribution in [0.15, 0.2) is 0 Å². The van der Waals surface area contributed by atoms with Crippen molar-refractivity contribution in [2.24, 2.45) is 0 Å². The van der Waals surface area contributed by atoms with Gasteiger partial charge in [-0.1, -0.05) is 0 Å². The van der Waals surface area contributed by atoms with Gasteiger partial charge in [0.2, 0.25) is 15.9 Å². The largest absolute Gasteiger partial charge is 0.339 e. The van der Waals surface area contributed by atoms with Crippen molar-refractivity contribution < 1.29 is 13.2 Å². The van der Waals surface area contributed by atoms with Crippen LogP contribution in [0.2, 0.25) is 0 Å². The number of amides is 1. The third-order valence-electron chi connectivity index (χ3n) is 2.54. The van der Waals surface area contributed by atoms with Gasteiger partial charge in [-0.25, -0.2) is 13.1 Å². The molecule has 0 radical (unpaired) electrons. The molecule has 1 unspecified atom stereocenters. The molecule has 1 saturated heterocycles. The van der Waals surface area contributed by atoms with Gasteiger partial charge in [0.05, 0.1) is 11.8 Å². The summed E-state index contributed by atoms with van der Waals surface area (Å²) in [4.78, 5) is 13.5. The Morgan fingerprint density at radius 1 is 1.44 bits per heavy atom. The Morgan fingerprint density at radius 3 is 2.50 bits per heavy atom. The number of rotatable bonds is 4. The highest BCUT2D eigenvalue weighted by atomic mass is 32.2. The molecule has 1 fully saturated rings. The first-order chi connectivity index (χ1) is 7.46. The van der Waals surface area contributed by atoms with E-state index in [4.69, 9.17) is 0 Å². The number of nitrogens with one attached hydrogen (secondary N) is 2. The second kappa shape index (κ2) is 5.60. The Morgan fingerprint density at radius 2 is 2.00 bits per heavy atom. The van der Waals surface area contributed by atoms with Crippen LogP contribution in [0.4, 0.5) is 0 Å². The van der Waals surface area contributed by atoms with Crippen molar-refractivity contribution in [1.29, 1.82) is 0 Å². The zero-order chi connectivity index (χ0) is 12.2. The summed E-state index contributed by atoms with van der Waals surface area (Å²) in [5, 5.41) is 3.14. The van der Waals surface area contributed by atoms with Crippen molar-refractivity contribution in [2.75, 3.05) is 31.9 Å². The van der Waals surface area contributed by atoms with Crippen LogP contribution in [0, 0.1) is 0 Å². The molecule has 16 heavy (non-hydrogen) atoms. The number of piperazine rings is 1. The van der Waals surface area contributed by atoms with Gasteiger partial charge < -0.3 is 10.2 Å². The molecule has 0 aromatic rings. The summed E-state index contributed by atoms with van der Waals surface area (Å²) in [6.45, 7) is 5.92. The molecule has 0 saturated carbocycles. The summed E-state index contributed by atoms with van der Waals surface area (Å²) in [6, 6.07) is -0.678. The lowest BCUT2D eigenvalue weighted by Crippen LogP contribution is -2.53. The normalized spacial score (nSPS) is 19.5. The summed E-state index contributed by atoms with van der Waals surface area (Å²) < 4.78 is 25.0. The highest BCUT2D eigenvalue weighted by molar-refractivity contribution is 7.89. The summed E-state index contributed by atoms with van der Waals surface area (Å²) in [5.74, 6) is -0.162. The minimum Gasteiger partial charge on any atom is -0.339 e. The third kappa shape index (κ3) is 3.73. The Balaban J connectivity index is 2.53. The standard InChI is InChI=1S/C9H19N3O3S/c1-3-16(14,15)11-8(2)9(13)12-6-4-10-5-7-12/h8,10-11H,3-7H2,1-2H3. The molecule has 0 aromatic carbocycles.